The minimum atomic E-state index is -3.73. The summed E-state index contributed by atoms with van der Waals surface area (Å²) in [4.78, 5) is 1.20. The van der Waals surface area contributed by atoms with Crippen molar-refractivity contribution in [3.05, 3.63) is 54.1 Å². The molecule has 0 aliphatic heterocycles. The zero-order valence-corrected chi connectivity index (χ0v) is 14.2. The van der Waals surface area contributed by atoms with Crippen molar-refractivity contribution in [3.8, 4) is 6.07 Å². The zero-order valence-electron chi connectivity index (χ0n) is 12.6. The quantitative estimate of drug-likeness (QED) is 0.783. The summed E-state index contributed by atoms with van der Waals surface area (Å²) in [7, 11) is -3.73. The highest BCUT2D eigenvalue weighted by Gasteiger charge is 2.13. The summed E-state index contributed by atoms with van der Waals surface area (Å²) < 4.78 is 22.5. The zero-order chi connectivity index (χ0) is 16.9. The number of benzene rings is 2. The average Bonchev–Trinajstić information content (AvgIpc) is 2.54. The van der Waals surface area contributed by atoms with Crippen LogP contribution < -0.4 is 10.5 Å². The van der Waals surface area contributed by atoms with Crippen molar-refractivity contribution in [2.45, 2.75) is 22.8 Å². The molecule has 0 saturated carbocycles. The van der Waals surface area contributed by atoms with Crippen LogP contribution in [0.15, 0.2) is 58.3 Å². The summed E-state index contributed by atoms with van der Waals surface area (Å²) in [6, 6.07) is 15.4. The third kappa shape index (κ3) is 4.73. The van der Waals surface area contributed by atoms with Crippen LogP contribution in [0.5, 0.6) is 0 Å². The van der Waals surface area contributed by atoms with E-state index in [-0.39, 0.29) is 4.90 Å². The van der Waals surface area contributed by atoms with Crippen LogP contribution in [0.2, 0.25) is 0 Å². The van der Waals surface area contributed by atoms with Gasteiger partial charge >= 0.3 is 0 Å². The molecule has 0 aromatic heterocycles. The lowest BCUT2D eigenvalue weighted by Crippen LogP contribution is -2.13. The van der Waals surface area contributed by atoms with Gasteiger partial charge in [0.25, 0.3) is 0 Å². The molecule has 120 valence electrons. The SMILES string of the molecule is CCSc1ccc(NC(C#N)c2ccc(S(N)(=O)=O)cc2)cc1. The number of sulfonamides is 1. The van der Waals surface area contributed by atoms with Crippen LogP contribution in [0.1, 0.15) is 18.5 Å². The first kappa shape index (κ1) is 17.3. The highest BCUT2D eigenvalue weighted by Crippen LogP contribution is 2.23. The molecule has 7 heteroatoms. The van der Waals surface area contributed by atoms with E-state index >= 15 is 0 Å². The third-order valence-electron chi connectivity index (χ3n) is 3.15. The molecule has 0 amide bonds. The number of anilines is 1. The Balaban J connectivity index is 2.15. The van der Waals surface area contributed by atoms with E-state index < -0.39 is 16.1 Å². The highest BCUT2D eigenvalue weighted by atomic mass is 32.2. The molecule has 23 heavy (non-hydrogen) atoms. The predicted octanol–water partition coefficient (Wildman–Crippen LogP) is 3.12. The number of nitrogens with two attached hydrogens (primary N) is 1. The number of rotatable bonds is 6. The summed E-state index contributed by atoms with van der Waals surface area (Å²) in [5.41, 5.74) is 1.50. The number of thioether (sulfide) groups is 1. The van der Waals surface area contributed by atoms with Crippen molar-refractivity contribution in [1.82, 2.24) is 0 Å². The summed E-state index contributed by atoms with van der Waals surface area (Å²) in [6.45, 7) is 2.09. The maximum absolute atomic E-state index is 11.3. The summed E-state index contributed by atoms with van der Waals surface area (Å²) in [5.74, 6) is 1.00. The van der Waals surface area contributed by atoms with Crippen LogP contribution in [0.4, 0.5) is 5.69 Å². The largest absolute Gasteiger partial charge is 0.366 e. The number of nitrogens with one attached hydrogen (secondary N) is 1. The maximum Gasteiger partial charge on any atom is 0.238 e. The lowest BCUT2D eigenvalue weighted by Gasteiger charge is -2.14. The number of hydrogen-bond acceptors (Lipinski definition) is 5. The molecule has 0 spiro atoms. The van der Waals surface area contributed by atoms with Crippen LogP contribution >= 0.6 is 11.8 Å². The van der Waals surface area contributed by atoms with E-state index in [1.54, 1.807) is 23.9 Å². The van der Waals surface area contributed by atoms with Gasteiger partial charge in [-0.15, -0.1) is 11.8 Å². The number of primary sulfonamides is 1. The molecule has 5 nitrogen and oxygen atoms in total. The maximum atomic E-state index is 11.3. The van der Waals surface area contributed by atoms with Crippen molar-refractivity contribution in [3.63, 3.8) is 0 Å². The Bertz CT molecular complexity index is 795. The summed E-state index contributed by atoms with van der Waals surface area (Å²) in [5, 5.41) is 17.5. The second kappa shape index (κ2) is 7.51. The Labute approximate surface area is 140 Å². The molecule has 2 rings (SSSR count). The Morgan fingerprint density at radius 1 is 1.17 bits per heavy atom. The first-order chi connectivity index (χ1) is 10.9. The van der Waals surface area contributed by atoms with E-state index in [9.17, 15) is 13.7 Å². The second-order valence-corrected chi connectivity index (χ2v) is 7.68. The van der Waals surface area contributed by atoms with Gasteiger partial charge in [0.05, 0.1) is 11.0 Å². The van der Waals surface area contributed by atoms with E-state index in [0.717, 1.165) is 11.4 Å². The Morgan fingerprint density at radius 3 is 2.26 bits per heavy atom. The second-order valence-electron chi connectivity index (χ2n) is 4.78. The third-order valence-corrected chi connectivity index (χ3v) is 4.97. The Kier molecular flexibility index (Phi) is 5.66. The molecule has 0 saturated heterocycles. The molecule has 0 radical (unpaired) electrons. The van der Waals surface area contributed by atoms with E-state index in [1.807, 2.05) is 24.3 Å². The van der Waals surface area contributed by atoms with Gasteiger partial charge in [-0.05, 0) is 47.7 Å². The van der Waals surface area contributed by atoms with Crippen molar-refractivity contribution in [2.75, 3.05) is 11.1 Å². The number of nitrogens with zero attached hydrogens (tertiary/aromatic N) is 1. The fourth-order valence-electron chi connectivity index (χ4n) is 2.02. The highest BCUT2D eigenvalue weighted by molar-refractivity contribution is 7.99. The molecule has 2 aromatic carbocycles. The van der Waals surface area contributed by atoms with E-state index in [4.69, 9.17) is 5.14 Å². The average molecular weight is 347 g/mol. The van der Waals surface area contributed by atoms with Crippen LogP contribution in [0.3, 0.4) is 0 Å². The van der Waals surface area contributed by atoms with Crippen molar-refractivity contribution in [1.29, 1.82) is 5.26 Å². The van der Waals surface area contributed by atoms with Crippen LogP contribution in [0.25, 0.3) is 0 Å². The molecular formula is C16H17N3O2S2. The lowest BCUT2D eigenvalue weighted by atomic mass is 10.1. The van der Waals surface area contributed by atoms with Gasteiger partial charge in [0, 0.05) is 10.6 Å². The minimum Gasteiger partial charge on any atom is -0.366 e. The van der Waals surface area contributed by atoms with E-state index in [1.165, 1.54) is 17.0 Å². The van der Waals surface area contributed by atoms with E-state index in [2.05, 4.69) is 18.3 Å². The fourth-order valence-corrected chi connectivity index (χ4v) is 3.20. The molecule has 0 heterocycles. The van der Waals surface area contributed by atoms with Crippen molar-refractivity contribution >= 4 is 27.5 Å². The predicted molar refractivity (Wildman–Crippen MR) is 92.6 cm³/mol. The van der Waals surface area contributed by atoms with Gasteiger partial charge in [-0.3, -0.25) is 0 Å². The first-order valence-electron chi connectivity index (χ1n) is 6.96. The fraction of sp³-hybridized carbons (Fsp3) is 0.188. The van der Waals surface area contributed by atoms with Crippen molar-refractivity contribution in [2.24, 2.45) is 5.14 Å². The van der Waals surface area contributed by atoms with Gasteiger partial charge in [0.1, 0.15) is 6.04 Å². The van der Waals surface area contributed by atoms with Gasteiger partial charge in [0.2, 0.25) is 10.0 Å². The smallest absolute Gasteiger partial charge is 0.238 e. The van der Waals surface area contributed by atoms with Gasteiger partial charge in [0.15, 0.2) is 0 Å². The lowest BCUT2D eigenvalue weighted by molar-refractivity contribution is 0.598. The molecule has 0 aliphatic rings. The summed E-state index contributed by atoms with van der Waals surface area (Å²) >= 11 is 1.75. The molecule has 3 N–H and O–H groups in total. The Morgan fingerprint density at radius 2 is 1.78 bits per heavy atom. The number of nitriles is 1. The molecule has 0 fully saturated rings. The van der Waals surface area contributed by atoms with Gasteiger partial charge in [-0.25, -0.2) is 13.6 Å². The molecule has 1 atom stereocenters. The Hall–Kier alpha value is -2.01. The monoisotopic (exact) mass is 347 g/mol. The van der Waals surface area contributed by atoms with Crippen LogP contribution in [-0.4, -0.2) is 14.2 Å². The van der Waals surface area contributed by atoms with E-state index in [0.29, 0.717) is 5.56 Å². The topological polar surface area (TPSA) is 96.0 Å². The molecule has 2 aromatic rings. The van der Waals surface area contributed by atoms with Crippen LogP contribution in [0, 0.1) is 11.3 Å². The van der Waals surface area contributed by atoms with Crippen LogP contribution in [-0.2, 0) is 10.0 Å². The minimum absolute atomic E-state index is 0.0267. The molecule has 0 aliphatic carbocycles. The van der Waals surface area contributed by atoms with Gasteiger partial charge < -0.3 is 5.32 Å². The molecule has 1 unspecified atom stereocenters. The summed E-state index contributed by atoms with van der Waals surface area (Å²) in [6.07, 6.45) is 0. The first-order valence-corrected chi connectivity index (χ1v) is 9.49. The molecular weight excluding hydrogens is 330 g/mol. The van der Waals surface area contributed by atoms with Gasteiger partial charge in [-0.1, -0.05) is 19.1 Å². The molecule has 0 bridgehead atoms. The van der Waals surface area contributed by atoms with Gasteiger partial charge in [-0.2, -0.15) is 5.26 Å². The number of hydrogen-bond donors (Lipinski definition) is 2. The standard InChI is InChI=1S/C16H17N3O2S2/c1-2-22-14-7-5-13(6-8-14)19-16(11-17)12-3-9-15(10-4-12)23(18,20)21/h3-10,16,19H,2H2,1H3,(H2,18,20,21). The van der Waals surface area contributed by atoms with Crippen molar-refractivity contribution < 1.29 is 8.42 Å². The normalized spacial score (nSPS) is 12.4.